The summed E-state index contributed by atoms with van der Waals surface area (Å²) in [7, 11) is 1.31. The molecule has 0 bridgehead atoms. The van der Waals surface area contributed by atoms with Crippen molar-refractivity contribution in [1.82, 2.24) is 4.98 Å². The summed E-state index contributed by atoms with van der Waals surface area (Å²) in [6, 6.07) is 6.16. The van der Waals surface area contributed by atoms with Crippen LogP contribution in [0.1, 0.15) is 16.8 Å². The van der Waals surface area contributed by atoms with E-state index in [2.05, 4.69) is 9.72 Å². The standard InChI is InChI=1S/C18H19F2N3O3/c1-25-18(24)11-2-5-17(22-9-11)23-7-6-16(14(21)10-23)26-15-4-3-12(19)8-13(15)20/h2-5,8-9,14,16H,6-7,10,21H2,1H3. The van der Waals surface area contributed by atoms with Crippen molar-refractivity contribution in [2.45, 2.75) is 18.6 Å². The van der Waals surface area contributed by atoms with Crippen molar-refractivity contribution in [2.24, 2.45) is 5.73 Å². The Morgan fingerprint density at radius 3 is 2.73 bits per heavy atom. The number of rotatable bonds is 4. The number of pyridine rings is 1. The third kappa shape index (κ3) is 3.91. The van der Waals surface area contributed by atoms with Crippen LogP contribution in [0, 0.1) is 11.6 Å². The van der Waals surface area contributed by atoms with Gasteiger partial charge in [0, 0.05) is 31.8 Å². The quantitative estimate of drug-likeness (QED) is 0.839. The molecule has 1 aliphatic rings. The highest BCUT2D eigenvalue weighted by atomic mass is 19.1. The van der Waals surface area contributed by atoms with E-state index in [9.17, 15) is 13.6 Å². The molecular formula is C18H19F2N3O3. The zero-order valence-corrected chi connectivity index (χ0v) is 14.2. The number of carbonyl (C=O) groups excluding carboxylic acids is 1. The number of hydrogen-bond acceptors (Lipinski definition) is 6. The fourth-order valence-corrected chi connectivity index (χ4v) is 2.86. The molecular weight excluding hydrogens is 344 g/mol. The number of hydrogen-bond donors (Lipinski definition) is 1. The molecule has 0 radical (unpaired) electrons. The topological polar surface area (TPSA) is 77.7 Å². The van der Waals surface area contributed by atoms with Crippen molar-refractivity contribution in [1.29, 1.82) is 0 Å². The van der Waals surface area contributed by atoms with Crippen molar-refractivity contribution in [3.05, 3.63) is 53.7 Å². The third-order valence-electron chi connectivity index (χ3n) is 4.26. The van der Waals surface area contributed by atoms with Crippen LogP contribution in [-0.4, -0.2) is 43.3 Å². The number of nitrogens with two attached hydrogens (primary N) is 1. The molecule has 0 amide bonds. The van der Waals surface area contributed by atoms with Crippen LogP contribution < -0.4 is 15.4 Å². The highest BCUT2D eigenvalue weighted by Crippen LogP contribution is 2.24. The van der Waals surface area contributed by atoms with E-state index < -0.39 is 17.6 Å². The molecule has 1 saturated heterocycles. The van der Waals surface area contributed by atoms with E-state index in [1.165, 1.54) is 19.4 Å². The fourth-order valence-electron chi connectivity index (χ4n) is 2.86. The van der Waals surface area contributed by atoms with Crippen molar-refractivity contribution in [3.63, 3.8) is 0 Å². The summed E-state index contributed by atoms with van der Waals surface area (Å²) in [5.41, 5.74) is 6.54. The molecule has 2 unspecified atom stereocenters. The first-order chi connectivity index (χ1) is 12.5. The zero-order chi connectivity index (χ0) is 18.7. The van der Waals surface area contributed by atoms with E-state index in [1.54, 1.807) is 12.1 Å². The SMILES string of the molecule is COC(=O)c1ccc(N2CCC(Oc3ccc(F)cc3F)C(N)C2)nc1. The van der Waals surface area contributed by atoms with Gasteiger partial charge in [0.15, 0.2) is 11.6 Å². The van der Waals surface area contributed by atoms with Crippen LogP contribution >= 0.6 is 0 Å². The van der Waals surface area contributed by atoms with E-state index in [0.717, 1.165) is 12.1 Å². The lowest BCUT2D eigenvalue weighted by molar-refractivity contribution is 0.0600. The zero-order valence-electron chi connectivity index (χ0n) is 14.2. The molecule has 8 heteroatoms. The maximum absolute atomic E-state index is 13.7. The van der Waals surface area contributed by atoms with Gasteiger partial charge in [-0.1, -0.05) is 0 Å². The highest BCUT2D eigenvalue weighted by molar-refractivity contribution is 5.89. The molecule has 2 N–H and O–H groups in total. The molecule has 2 heterocycles. The number of halogens is 2. The van der Waals surface area contributed by atoms with E-state index in [4.69, 9.17) is 10.5 Å². The van der Waals surface area contributed by atoms with Crippen LogP contribution in [-0.2, 0) is 4.74 Å². The minimum Gasteiger partial charge on any atom is -0.486 e. The van der Waals surface area contributed by atoms with E-state index in [-0.39, 0.29) is 17.9 Å². The first kappa shape index (κ1) is 18.1. The first-order valence-corrected chi connectivity index (χ1v) is 8.14. The molecule has 1 aliphatic heterocycles. The van der Waals surface area contributed by atoms with Crippen LogP contribution in [0.25, 0.3) is 0 Å². The maximum atomic E-state index is 13.7. The van der Waals surface area contributed by atoms with Crippen molar-refractivity contribution in [3.8, 4) is 5.75 Å². The molecule has 0 spiro atoms. The molecule has 2 atom stereocenters. The lowest BCUT2D eigenvalue weighted by atomic mass is 10.0. The number of esters is 1. The molecule has 6 nitrogen and oxygen atoms in total. The summed E-state index contributed by atoms with van der Waals surface area (Å²) in [5.74, 6) is -1.19. The van der Waals surface area contributed by atoms with Gasteiger partial charge in [-0.05, 0) is 24.3 Å². The largest absolute Gasteiger partial charge is 0.486 e. The van der Waals surface area contributed by atoms with E-state index in [0.29, 0.717) is 30.9 Å². The Balaban J connectivity index is 1.63. The molecule has 2 aromatic rings. The van der Waals surface area contributed by atoms with Crippen LogP contribution in [0.3, 0.4) is 0 Å². The number of anilines is 1. The summed E-state index contributed by atoms with van der Waals surface area (Å²) in [6.07, 6.45) is 1.61. The van der Waals surface area contributed by atoms with E-state index in [1.807, 2.05) is 4.90 Å². The Labute approximate surface area is 149 Å². The van der Waals surface area contributed by atoms with Crippen molar-refractivity contribution < 1.29 is 23.0 Å². The highest BCUT2D eigenvalue weighted by Gasteiger charge is 2.29. The van der Waals surface area contributed by atoms with Crippen LogP contribution in [0.15, 0.2) is 36.5 Å². The van der Waals surface area contributed by atoms with Gasteiger partial charge in [0.1, 0.15) is 17.7 Å². The van der Waals surface area contributed by atoms with E-state index >= 15 is 0 Å². The van der Waals surface area contributed by atoms with Gasteiger partial charge in [-0.2, -0.15) is 0 Å². The molecule has 1 aromatic carbocycles. The maximum Gasteiger partial charge on any atom is 0.339 e. The number of methoxy groups -OCH3 is 1. The number of nitrogens with zero attached hydrogens (tertiary/aromatic N) is 2. The minimum atomic E-state index is -0.750. The van der Waals surface area contributed by atoms with Gasteiger partial charge in [0.05, 0.1) is 18.7 Å². The first-order valence-electron chi connectivity index (χ1n) is 8.14. The van der Waals surface area contributed by atoms with Crippen LogP contribution in [0.5, 0.6) is 5.75 Å². The molecule has 138 valence electrons. The Hall–Kier alpha value is -2.74. The third-order valence-corrected chi connectivity index (χ3v) is 4.26. The average molecular weight is 363 g/mol. The second kappa shape index (κ2) is 7.65. The second-order valence-corrected chi connectivity index (χ2v) is 6.03. The van der Waals surface area contributed by atoms with Crippen molar-refractivity contribution in [2.75, 3.05) is 25.1 Å². The number of ether oxygens (including phenoxy) is 2. The number of piperidine rings is 1. The van der Waals surface area contributed by atoms with Crippen molar-refractivity contribution >= 4 is 11.8 Å². The fraction of sp³-hybridized carbons (Fsp3) is 0.333. The summed E-state index contributed by atoms with van der Waals surface area (Å²) < 4.78 is 37.0. The predicted molar refractivity (Wildman–Crippen MR) is 91.2 cm³/mol. The molecule has 3 rings (SSSR count). The lowest BCUT2D eigenvalue weighted by Gasteiger charge is -2.37. The van der Waals surface area contributed by atoms with Gasteiger partial charge in [-0.15, -0.1) is 0 Å². The summed E-state index contributed by atoms with van der Waals surface area (Å²) in [4.78, 5) is 17.7. The molecule has 0 aliphatic carbocycles. The smallest absolute Gasteiger partial charge is 0.339 e. The monoisotopic (exact) mass is 363 g/mol. The number of aromatic nitrogens is 1. The number of carbonyl (C=O) groups is 1. The van der Waals surface area contributed by atoms with Gasteiger partial charge in [-0.25, -0.2) is 18.6 Å². The van der Waals surface area contributed by atoms with Gasteiger partial charge in [0.2, 0.25) is 0 Å². The van der Waals surface area contributed by atoms with Gasteiger partial charge >= 0.3 is 5.97 Å². The normalized spacial score (nSPS) is 19.9. The second-order valence-electron chi connectivity index (χ2n) is 6.03. The summed E-state index contributed by atoms with van der Waals surface area (Å²) in [6.45, 7) is 1.06. The van der Waals surface area contributed by atoms with Gasteiger partial charge in [-0.3, -0.25) is 0 Å². The summed E-state index contributed by atoms with van der Waals surface area (Å²) in [5, 5.41) is 0. The molecule has 1 aromatic heterocycles. The average Bonchev–Trinajstić information content (AvgIpc) is 2.65. The van der Waals surface area contributed by atoms with Crippen LogP contribution in [0.4, 0.5) is 14.6 Å². The minimum absolute atomic E-state index is 0.0131. The Morgan fingerprint density at radius 2 is 2.12 bits per heavy atom. The lowest BCUT2D eigenvalue weighted by Crippen LogP contribution is -2.53. The molecule has 1 fully saturated rings. The van der Waals surface area contributed by atoms with Crippen LogP contribution in [0.2, 0.25) is 0 Å². The van der Waals surface area contributed by atoms with Gasteiger partial charge < -0.3 is 20.1 Å². The Morgan fingerprint density at radius 1 is 1.31 bits per heavy atom. The Kier molecular flexibility index (Phi) is 5.32. The number of benzene rings is 1. The summed E-state index contributed by atoms with van der Waals surface area (Å²) >= 11 is 0. The van der Waals surface area contributed by atoms with Gasteiger partial charge in [0.25, 0.3) is 0 Å². The molecule has 0 saturated carbocycles. The Bertz CT molecular complexity index is 786. The predicted octanol–water partition coefficient (Wildman–Crippen LogP) is 2.13. The molecule has 26 heavy (non-hydrogen) atoms.